The van der Waals surface area contributed by atoms with Crippen molar-refractivity contribution in [2.45, 2.75) is 18.5 Å². The van der Waals surface area contributed by atoms with Crippen LogP contribution in [0.2, 0.25) is 10.0 Å². The van der Waals surface area contributed by atoms with E-state index in [-0.39, 0.29) is 18.4 Å². The van der Waals surface area contributed by atoms with Gasteiger partial charge >= 0.3 is 0 Å². The molecule has 2 amide bonds. The summed E-state index contributed by atoms with van der Waals surface area (Å²) >= 11 is 12.3. The minimum absolute atomic E-state index is 0.00431. The van der Waals surface area contributed by atoms with Gasteiger partial charge in [0.25, 0.3) is 5.91 Å². The Morgan fingerprint density at radius 3 is 2.14 bits per heavy atom. The van der Waals surface area contributed by atoms with E-state index in [9.17, 15) is 14.7 Å². The second-order valence-corrected chi connectivity index (χ2v) is 10.4. The van der Waals surface area contributed by atoms with Gasteiger partial charge in [0.2, 0.25) is 5.91 Å². The van der Waals surface area contributed by atoms with Crippen molar-refractivity contribution in [1.82, 2.24) is 14.7 Å². The lowest BCUT2D eigenvalue weighted by Gasteiger charge is -2.44. The maximum atomic E-state index is 14.3. The van der Waals surface area contributed by atoms with Crippen molar-refractivity contribution < 1.29 is 14.7 Å². The Labute approximate surface area is 227 Å². The largest absolute Gasteiger partial charge is 0.395 e. The van der Waals surface area contributed by atoms with Crippen LogP contribution in [-0.2, 0) is 11.3 Å². The molecule has 37 heavy (non-hydrogen) atoms. The van der Waals surface area contributed by atoms with Crippen LogP contribution in [0.1, 0.15) is 39.0 Å². The highest BCUT2D eigenvalue weighted by Crippen LogP contribution is 2.44. The summed E-state index contributed by atoms with van der Waals surface area (Å²) in [5.74, 6) is -0.668. The molecule has 0 saturated carbocycles. The van der Waals surface area contributed by atoms with Crippen LogP contribution in [0.25, 0.3) is 0 Å². The summed E-state index contributed by atoms with van der Waals surface area (Å²) in [5, 5.41) is 10.5. The standard InChI is InChI=1S/C29H29Cl2N3O3/c30-22-9-5-20(6-10-22)19-34-27(21-7-11-23(31)12-8-21)26(24-3-1-2-4-25(24)28(34)36)29(37)33-15-13-32(14-16-33)17-18-35/h1-12,26-27,35H,13-19H2. The Morgan fingerprint density at radius 2 is 1.49 bits per heavy atom. The number of piperazine rings is 1. The maximum Gasteiger partial charge on any atom is 0.255 e. The molecule has 5 rings (SSSR count). The average molecular weight is 538 g/mol. The van der Waals surface area contributed by atoms with Gasteiger partial charge in [-0.25, -0.2) is 0 Å². The fourth-order valence-corrected chi connectivity index (χ4v) is 5.63. The number of hydrogen-bond donors (Lipinski definition) is 1. The Bertz CT molecular complexity index is 1260. The number of nitrogens with zero attached hydrogens (tertiary/aromatic N) is 3. The lowest BCUT2D eigenvalue weighted by Crippen LogP contribution is -2.53. The van der Waals surface area contributed by atoms with E-state index in [0.29, 0.717) is 54.9 Å². The number of carbonyl (C=O) groups excluding carboxylic acids is 2. The number of fused-ring (bicyclic) bond motifs is 1. The molecule has 2 aliphatic rings. The minimum atomic E-state index is -0.563. The molecule has 0 aliphatic carbocycles. The first kappa shape index (κ1) is 25.7. The monoisotopic (exact) mass is 537 g/mol. The van der Waals surface area contributed by atoms with Crippen LogP contribution in [0, 0.1) is 0 Å². The molecule has 0 radical (unpaired) electrons. The normalized spacial score (nSPS) is 20.1. The number of β-amino-alcohol motifs (C(OH)–C–C–N with tert-alkyl or cyclic N) is 1. The second-order valence-electron chi connectivity index (χ2n) is 9.51. The molecular formula is C29H29Cl2N3O3. The van der Waals surface area contributed by atoms with Crippen molar-refractivity contribution in [3.05, 3.63) is 105 Å². The Kier molecular flexibility index (Phi) is 7.81. The van der Waals surface area contributed by atoms with E-state index >= 15 is 0 Å². The first-order valence-corrected chi connectivity index (χ1v) is 13.2. The average Bonchev–Trinajstić information content (AvgIpc) is 2.92. The molecule has 0 spiro atoms. The third-order valence-corrected chi connectivity index (χ3v) is 7.79. The topological polar surface area (TPSA) is 64.1 Å². The van der Waals surface area contributed by atoms with Gasteiger partial charge in [-0.3, -0.25) is 14.5 Å². The van der Waals surface area contributed by atoms with Crippen LogP contribution < -0.4 is 0 Å². The summed E-state index contributed by atoms with van der Waals surface area (Å²) in [6.07, 6.45) is 0. The molecule has 2 atom stereocenters. The predicted octanol–water partition coefficient (Wildman–Crippen LogP) is 4.61. The summed E-state index contributed by atoms with van der Waals surface area (Å²) in [6.45, 7) is 3.62. The van der Waals surface area contributed by atoms with Gasteiger partial charge in [0.1, 0.15) is 0 Å². The molecule has 6 nitrogen and oxygen atoms in total. The van der Waals surface area contributed by atoms with Crippen molar-refractivity contribution in [2.75, 3.05) is 39.3 Å². The Balaban J connectivity index is 1.57. The highest BCUT2D eigenvalue weighted by Gasteiger charge is 2.45. The number of carbonyl (C=O) groups is 2. The van der Waals surface area contributed by atoms with Crippen LogP contribution in [0.5, 0.6) is 0 Å². The highest BCUT2D eigenvalue weighted by molar-refractivity contribution is 6.30. The highest BCUT2D eigenvalue weighted by atomic mass is 35.5. The molecule has 2 heterocycles. The fourth-order valence-electron chi connectivity index (χ4n) is 5.38. The fraction of sp³-hybridized carbons (Fsp3) is 0.310. The van der Waals surface area contributed by atoms with E-state index in [2.05, 4.69) is 4.90 Å². The van der Waals surface area contributed by atoms with Gasteiger partial charge < -0.3 is 14.9 Å². The number of halogens is 2. The molecule has 2 aliphatic heterocycles. The van der Waals surface area contributed by atoms with E-state index in [4.69, 9.17) is 23.2 Å². The van der Waals surface area contributed by atoms with Crippen molar-refractivity contribution in [3.8, 4) is 0 Å². The van der Waals surface area contributed by atoms with Crippen molar-refractivity contribution in [3.63, 3.8) is 0 Å². The molecule has 1 saturated heterocycles. The zero-order valence-corrected chi connectivity index (χ0v) is 21.9. The maximum absolute atomic E-state index is 14.3. The van der Waals surface area contributed by atoms with E-state index in [1.165, 1.54) is 0 Å². The van der Waals surface area contributed by atoms with Gasteiger partial charge in [-0.1, -0.05) is 65.7 Å². The van der Waals surface area contributed by atoms with Gasteiger partial charge in [0.15, 0.2) is 0 Å². The summed E-state index contributed by atoms with van der Waals surface area (Å²) < 4.78 is 0. The van der Waals surface area contributed by atoms with Crippen molar-refractivity contribution >= 4 is 35.0 Å². The summed E-state index contributed by atoms with van der Waals surface area (Å²) in [4.78, 5) is 34.0. The molecule has 1 fully saturated rings. The van der Waals surface area contributed by atoms with Crippen LogP contribution in [0.15, 0.2) is 72.8 Å². The number of aliphatic hydroxyl groups is 1. The smallest absolute Gasteiger partial charge is 0.255 e. The third kappa shape index (κ3) is 5.39. The number of amides is 2. The van der Waals surface area contributed by atoms with E-state index in [0.717, 1.165) is 16.7 Å². The molecule has 192 valence electrons. The first-order chi connectivity index (χ1) is 18.0. The molecule has 3 aromatic rings. The number of aliphatic hydroxyl groups excluding tert-OH is 1. The van der Waals surface area contributed by atoms with Gasteiger partial charge in [-0.2, -0.15) is 0 Å². The lowest BCUT2D eigenvalue weighted by molar-refractivity contribution is -0.136. The SMILES string of the molecule is O=C(C1c2ccccc2C(=O)N(Cc2ccc(Cl)cc2)C1c1ccc(Cl)cc1)N1CCN(CCO)CC1. The van der Waals surface area contributed by atoms with Crippen LogP contribution in [0.4, 0.5) is 0 Å². The summed E-state index contributed by atoms with van der Waals surface area (Å²) in [5.41, 5.74) is 3.10. The number of rotatable bonds is 6. The predicted molar refractivity (Wildman–Crippen MR) is 145 cm³/mol. The van der Waals surface area contributed by atoms with Gasteiger partial charge in [0, 0.05) is 54.9 Å². The molecule has 0 aromatic heterocycles. The zero-order valence-electron chi connectivity index (χ0n) is 20.4. The summed E-state index contributed by atoms with van der Waals surface area (Å²) in [6, 6.07) is 21.8. The zero-order chi connectivity index (χ0) is 25.9. The first-order valence-electron chi connectivity index (χ1n) is 12.5. The van der Waals surface area contributed by atoms with Crippen LogP contribution in [0.3, 0.4) is 0 Å². The van der Waals surface area contributed by atoms with Crippen molar-refractivity contribution in [2.24, 2.45) is 0 Å². The lowest BCUT2D eigenvalue weighted by atomic mass is 9.78. The number of hydrogen-bond acceptors (Lipinski definition) is 4. The molecule has 1 N–H and O–H groups in total. The Hall–Kier alpha value is -2.90. The number of benzene rings is 3. The summed E-state index contributed by atoms with van der Waals surface area (Å²) in [7, 11) is 0. The van der Waals surface area contributed by atoms with Crippen molar-refractivity contribution in [1.29, 1.82) is 0 Å². The molecule has 8 heteroatoms. The molecule has 2 unspecified atom stereocenters. The van der Waals surface area contributed by atoms with E-state index in [1.54, 1.807) is 17.0 Å². The second kappa shape index (κ2) is 11.2. The third-order valence-electron chi connectivity index (χ3n) is 7.28. The Morgan fingerprint density at radius 1 is 0.865 bits per heavy atom. The molecule has 0 bridgehead atoms. The minimum Gasteiger partial charge on any atom is -0.395 e. The van der Waals surface area contributed by atoms with Gasteiger partial charge in [-0.05, 0) is 47.0 Å². The van der Waals surface area contributed by atoms with Gasteiger partial charge in [-0.15, -0.1) is 0 Å². The molecular weight excluding hydrogens is 509 g/mol. The van der Waals surface area contributed by atoms with Gasteiger partial charge in [0.05, 0.1) is 18.6 Å². The quantitative estimate of drug-likeness (QED) is 0.498. The molecule has 3 aromatic carbocycles. The van der Waals surface area contributed by atoms with Crippen LogP contribution in [-0.4, -0.2) is 71.0 Å². The van der Waals surface area contributed by atoms with E-state index in [1.807, 2.05) is 65.6 Å². The van der Waals surface area contributed by atoms with E-state index < -0.39 is 12.0 Å². The van der Waals surface area contributed by atoms with Crippen LogP contribution >= 0.6 is 23.2 Å².